The van der Waals surface area contributed by atoms with E-state index < -0.39 is 0 Å². The van der Waals surface area contributed by atoms with E-state index in [9.17, 15) is 9.59 Å². The van der Waals surface area contributed by atoms with Crippen LogP contribution in [0.1, 0.15) is 38.5 Å². The van der Waals surface area contributed by atoms with Crippen LogP contribution >= 0.6 is 0 Å². The number of hydrogen-bond donors (Lipinski definition) is 1. The smallest absolute Gasteiger partial charge is 0.227 e. The fraction of sp³-hybridized carbons (Fsp3) is 0.632. The van der Waals surface area contributed by atoms with Crippen molar-refractivity contribution in [1.29, 1.82) is 0 Å². The first-order valence-corrected chi connectivity index (χ1v) is 9.24. The number of nitrogens with one attached hydrogen (secondary N) is 1. The highest BCUT2D eigenvalue weighted by Gasteiger charge is 2.55. The minimum Gasteiger partial charge on any atom is -0.342 e. The zero-order valence-corrected chi connectivity index (χ0v) is 14.0. The highest BCUT2D eigenvalue weighted by molar-refractivity contribution is 5.92. The number of pyridine rings is 1. The Kier molecular flexibility index (Phi) is 4.25. The van der Waals surface area contributed by atoms with Crippen LogP contribution in [0.15, 0.2) is 24.5 Å². The number of nitrogens with zero attached hydrogens (tertiary/aromatic N) is 2. The summed E-state index contributed by atoms with van der Waals surface area (Å²) in [4.78, 5) is 31.0. The average Bonchev–Trinajstić information content (AvgIpc) is 3.36. The lowest BCUT2D eigenvalue weighted by molar-refractivity contribution is -0.136. The second-order valence-electron chi connectivity index (χ2n) is 7.46. The molecule has 3 aliphatic rings. The molecule has 4 rings (SSSR count). The van der Waals surface area contributed by atoms with E-state index in [2.05, 4.69) is 10.3 Å². The molecule has 1 saturated heterocycles. The lowest BCUT2D eigenvalue weighted by atomic mass is 9.95. The monoisotopic (exact) mass is 327 g/mol. The van der Waals surface area contributed by atoms with Crippen LogP contribution in [0.25, 0.3) is 0 Å². The Labute approximate surface area is 142 Å². The van der Waals surface area contributed by atoms with Gasteiger partial charge in [-0.3, -0.25) is 14.6 Å². The van der Waals surface area contributed by atoms with Crippen molar-refractivity contribution in [3.63, 3.8) is 0 Å². The van der Waals surface area contributed by atoms with Gasteiger partial charge < -0.3 is 10.2 Å². The zero-order valence-electron chi connectivity index (χ0n) is 14.0. The van der Waals surface area contributed by atoms with E-state index in [1.165, 1.54) is 25.7 Å². The van der Waals surface area contributed by atoms with Gasteiger partial charge in [0.15, 0.2) is 0 Å². The molecule has 1 aromatic rings. The SMILES string of the molecule is O=C(Nc1ccncc1)C1CCN(C(=O)C2C3CCCCC32)CC1. The molecule has 0 spiro atoms. The molecule has 2 amide bonds. The van der Waals surface area contributed by atoms with Gasteiger partial charge in [-0.1, -0.05) is 12.8 Å². The van der Waals surface area contributed by atoms with Crippen molar-refractivity contribution < 1.29 is 9.59 Å². The first-order chi connectivity index (χ1) is 11.7. The number of piperidine rings is 1. The molecule has 5 heteroatoms. The second kappa shape index (κ2) is 6.54. The zero-order chi connectivity index (χ0) is 16.5. The maximum atomic E-state index is 12.7. The van der Waals surface area contributed by atoms with Crippen LogP contribution in [0.5, 0.6) is 0 Å². The number of hydrogen-bond acceptors (Lipinski definition) is 3. The van der Waals surface area contributed by atoms with Gasteiger partial charge in [0, 0.05) is 43.0 Å². The number of carbonyl (C=O) groups is 2. The molecule has 2 saturated carbocycles. The fourth-order valence-corrected chi connectivity index (χ4v) is 4.61. The van der Waals surface area contributed by atoms with Gasteiger partial charge in [0.1, 0.15) is 0 Å². The first-order valence-electron chi connectivity index (χ1n) is 9.24. The minimum absolute atomic E-state index is 0.00342. The van der Waals surface area contributed by atoms with Crippen molar-refractivity contribution in [2.45, 2.75) is 38.5 Å². The van der Waals surface area contributed by atoms with E-state index >= 15 is 0 Å². The number of anilines is 1. The molecule has 0 radical (unpaired) electrons. The van der Waals surface area contributed by atoms with Crippen molar-refractivity contribution >= 4 is 17.5 Å². The average molecular weight is 327 g/mol. The fourth-order valence-electron chi connectivity index (χ4n) is 4.61. The molecule has 0 bridgehead atoms. The molecule has 2 atom stereocenters. The lowest BCUT2D eigenvalue weighted by Gasteiger charge is -2.31. The summed E-state index contributed by atoms with van der Waals surface area (Å²) in [6.45, 7) is 1.45. The highest BCUT2D eigenvalue weighted by atomic mass is 16.2. The number of carbonyl (C=O) groups excluding carboxylic acids is 2. The highest BCUT2D eigenvalue weighted by Crippen LogP contribution is 2.56. The third-order valence-corrected chi connectivity index (χ3v) is 6.07. The second-order valence-corrected chi connectivity index (χ2v) is 7.46. The van der Waals surface area contributed by atoms with Gasteiger partial charge in [-0.05, 0) is 49.7 Å². The van der Waals surface area contributed by atoms with Gasteiger partial charge in [-0.2, -0.15) is 0 Å². The molecule has 2 heterocycles. The summed E-state index contributed by atoms with van der Waals surface area (Å²) in [5.41, 5.74) is 0.788. The van der Waals surface area contributed by atoms with Crippen LogP contribution in [0.3, 0.4) is 0 Å². The van der Waals surface area contributed by atoms with E-state index in [4.69, 9.17) is 0 Å². The largest absolute Gasteiger partial charge is 0.342 e. The molecule has 128 valence electrons. The summed E-state index contributed by atoms with van der Waals surface area (Å²) in [6.07, 6.45) is 9.95. The predicted octanol–water partition coefficient (Wildman–Crippen LogP) is 2.69. The maximum Gasteiger partial charge on any atom is 0.227 e. The third kappa shape index (κ3) is 3.04. The molecule has 5 nitrogen and oxygen atoms in total. The van der Waals surface area contributed by atoms with Crippen LogP contribution in [0, 0.1) is 23.7 Å². The van der Waals surface area contributed by atoms with Crippen LogP contribution in [0.2, 0.25) is 0 Å². The Balaban J connectivity index is 1.27. The summed E-state index contributed by atoms with van der Waals surface area (Å²) in [7, 11) is 0. The summed E-state index contributed by atoms with van der Waals surface area (Å²) in [5.74, 6) is 2.06. The standard InChI is InChI=1S/C19H25N3O2/c23-18(21-14-5-9-20-10-6-14)13-7-11-22(12-8-13)19(24)17-15-3-1-2-4-16(15)17/h5-6,9-10,13,15-17H,1-4,7-8,11-12H2,(H,20,21,23). The molecule has 1 aliphatic heterocycles. The number of rotatable bonds is 3. The van der Waals surface area contributed by atoms with Crippen LogP contribution < -0.4 is 5.32 Å². The third-order valence-electron chi connectivity index (χ3n) is 6.07. The van der Waals surface area contributed by atoms with E-state index in [0.717, 1.165) is 31.6 Å². The van der Waals surface area contributed by atoms with Crippen LogP contribution in [-0.2, 0) is 9.59 Å². The van der Waals surface area contributed by atoms with E-state index in [1.807, 2.05) is 4.90 Å². The van der Waals surface area contributed by atoms with Gasteiger partial charge in [-0.15, -0.1) is 0 Å². The molecule has 1 N–H and O–H groups in total. The van der Waals surface area contributed by atoms with Crippen molar-refractivity contribution in [2.75, 3.05) is 18.4 Å². The maximum absolute atomic E-state index is 12.7. The summed E-state index contributed by atoms with van der Waals surface area (Å²) in [5, 5.41) is 2.95. The van der Waals surface area contributed by atoms with Gasteiger partial charge in [0.2, 0.25) is 11.8 Å². The molecule has 2 unspecified atom stereocenters. The van der Waals surface area contributed by atoms with Crippen molar-refractivity contribution in [2.24, 2.45) is 23.7 Å². The summed E-state index contributed by atoms with van der Waals surface area (Å²) < 4.78 is 0. The first kappa shape index (κ1) is 15.6. The predicted molar refractivity (Wildman–Crippen MR) is 91.1 cm³/mol. The molecular formula is C19H25N3O2. The van der Waals surface area contributed by atoms with E-state index in [0.29, 0.717) is 23.7 Å². The van der Waals surface area contributed by atoms with E-state index in [-0.39, 0.29) is 11.8 Å². The van der Waals surface area contributed by atoms with Crippen molar-refractivity contribution in [3.8, 4) is 0 Å². The molecule has 3 fully saturated rings. The lowest BCUT2D eigenvalue weighted by Crippen LogP contribution is -2.42. The van der Waals surface area contributed by atoms with Gasteiger partial charge in [0.05, 0.1) is 0 Å². The Morgan fingerprint density at radius 3 is 2.25 bits per heavy atom. The van der Waals surface area contributed by atoms with E-state index in [1.54, 1.807) is 24.5 Å². The van der Waals surface area contributed by atoms with Gasteiger partial charge in [-0.25, -0.2) is 0 Å². The van der Waals surface area contributed by atoms with Gasteiger partial charge >= 0.3 is 0 Å². The number of fused-ring (bicyclic) bond motifs is 1. The van der Waals surface area contributed by atoms with Crippen LogP contribution in [0.4, 0.5) is 5.69 Å². The summed E-state index contributed by atoms with van der Waals surface area (Å²) in [6, 6.07) is 3.59. The van der Waals surface area contributed by atoms with Gasteiger partial charge in [0.25, 0.3) is 0 Å². The quantitative estimate of drug-likeness (QED) is 0.928. The van der Waals surface area contributed by atoms with Crippen molar-refractivity contribution in [1.82, 2.24) is 9.88 Å². The Morgan fingerprint density at radius 2 is 1.62 bits per heavy atom. The molecular weight excluding hydrogens is 302 g/mol. The Bertz CT molecular complexity index is 598. The molecule has 24 heavy (non-hydrogen) atoms. The molecule has 1 aromatic heterocycles. The minimum atomic E-state index is 0.00342. The molecule has 2 aliphatic carbocycles. The topological polar surface area (TPSA) is 62.3 Å². The normalized spacial score (nSPS) is 29.7. The van der Waals surface area contributed by atoms with Crippen molar-refractivity contribution in [3.05, 3.63) is 24.5 Å². The molecule has 0 aromatic carbocycles. The number of amides is 2. The summed E-state index contributed by atoms with van der Waals surface area (Å²) >= 11 is 0. The van der Waals surface area contributed by atoms with Crippen LogP contribution in [-0.4, -0.2) is 34.8 Å². The Hall–Kier alpha value is -1.91. The number of aromatic nitrogens is 1. The number of likely N-dealkylation sites (tertiary alicyclic amines) is 1. The Morgan fingerprint density at radius 1 is 1.00 bits per heavy atom.